The van der Waals surface area contributed by atoms with Gasteiger partial charge in [0.05, 0.1) is 0 Å². The zero-order chi connectivity index (χ0) is 14.1. The lowest BCUT2D eigenvalue weighted by Crippen LogP contribution is -2.38. The van der Waals surface area contributed by atoms with E-state index in [4.69, 9.17) is 0 Å². The van der Waals surface area contributed by atoms with Crippen LogP contribution in [0.5, 0.6) is 0 Å². The SMILES string of the molecule is CC(C)=C(C)C1=CC2CCC(C1)N2Cc1ccccc1. The number of hydrogen-bond donors (Lipinski definition) is 0. The summed E-state index contributed by atoms with van der Waals surface area (Å²) in [5, 5.41) is 0. The molecule has 106 valence electrons. The molecule has 1 nitrogen and oxygen atoms in total. The molecule has 2 aliphatic heterocycles. The van der Waals surface area contributed by atoms with E-state index in [2.05, 4.69) is 62.1 Å². The van der Waals surface area contributed by atoms with Crippen molar-refractivity contribution in [3.8, 4) is 0 Å². The van der Waals surface area contributed by atoms with E-state index in [9.17, 15) is 0 Å². The lowest BCUT2D eigenvalue weighted by Gasteiger charge is -2.34. The largest absolute Gasteiger partial charge is 0.289 e. The Hall–Kier alpha value is -1.34. The first-order chi connectivity index (χ1) is 9.65. The number of hydrogen-bond acceptors (Lipinski definition) is 1. The Morgan fingerprint density at radius 2 is 1.85 bits per heavy atom. The fourth-order valence-electron chi connectivity index (χ4n) is 3.56. The van der Waals surface area contributed by atoms with Gasteiger partial charge in [-0.15, -0.1) is 0 Å². The first-order valence-corrected chi connectivity index (χ1v) is 7.80. The Bertz CT molecular complexity index is 534. The number of fused-ring (bicyclic) bond motifs is 2. The van der Waals surface area contributed by atoms with Crippen molar-refractivity contribution in [1.29, 1.82) is 0 Å². The molecule has 2 heterocycles. The van der Waals surface area contributed by atoms with Crippen LogP contribution < -0.4 is 0 Å². The fraction of sp³-hybridized carbons (Fsp3) is 0.474. The molecule has 2 atom stereocenters. The van der Waals surface area contributed by atoms with E-state index in [0.717, 1.165) is 12.6 Å². The first kappa shape index (κ1) is 13.6. The summed E-state index contributed by atoms with van der Waals surface area (Å²) in [5.41, 5.74) is 6.02. The van der Waals surface area contributed by atoms with Gasteiger partial charge < -0.3 is 0 Å². The van der Waals surface area contributed by atoms with Crippen LogP contribution in [0.1, 0.15) is 45.6 Å². The molecule has 0 aromatic heterocycles. The Kier molecular flexibility index (Phi) is 3.80. The highest BCUT2D eigenvalue weighted by atomic mass is 15.2. The van der Waals surface area contributed by atoms with Crippen LogP contribution >= 0.6 is 0 Å². The molecular weight excluding hydrogens is 242 g/mol. The standard InChI is InChI=1S/C19H25N/c1-14(2)15(3)17-11-18-9-10-19(12-17)20(18)13-16-7-5-4-6-8-16/h4-8,11,18-19H,9-10,12-13H2,1-3H3. The predicted octanol–water partition coefficient (Wildman–Crippen LogP) is 4.71. The highest BCUT2D eigenvalue weighted by molar-refractivity contribution is 5.37. The van der Waals surface area contributed by atoms with Gasteiger partial charge in [-0.3, -0.25) is 4.90 Å². The summed E-state index contributed by atoms with van der Waals surface area (Å²) in [4.78, 5) is 2.71. The van der Waals surface area contributed by atoms with Gasteiger partial charge in [0.2, 0.25) is 0 Å². The zero-order valence-corrected chi connectivity index (χ0v) is 12.9. The molecule has 2 bridgehead atoms. The molecule has 0 N–H and O–H groups in total. The third-order valence-corrected chi connectivity index (χ3v) is 4.98. The zero-order valence-electron chi connectivity index (χ0n) is 12.9. The van der Waals surface area contributed by atoms with E-state index in [1.54, 1.807) is 5.57 Å². The lowest BCUT2D eigenvalue weighted by atomic mass is 9.93. The van der Waals surface area contributed by atoms with E-state index < -0.39 is 0 Å². The molecule has 3 rings (SSSR count). The second kappa shape index (κ2) is 5.57. The molecule has 20 heavy (non-hydrogen) atoms. The summed E-state index contributed by atoms with van der Waals surface area (Å²) in [7, 11) is 0. The number of benzene rings is 1. The van der Waals surface area contributed by atoms with E-state index >= 15 is 0 Å². The van der Waals surface area contributed by atoms with Gasteiger partial charge in [-0.2, -0.15) is 0 Å². The normalized spacial score (nSPS) is 25.4. The monoisotopic (exact) mass is 267 g/mol. The molecule has 0 spiro atoms. The Labute approximate surface area is 123 Å². The van der Waals surface area contributed by atoms with Crippen LogP contribution in [-0.4, -0.2) is 17.0 Å². The van der Waals surface area contributed by atoms with E-state index in [0.29, 0.717) is 6.04 Å². The van der Waals surface area contributed by atoms with Crippen molar-refractivity contribution in [2.24, 2.45) is 0 Å². The molecule has 0 amide bonds. The quantitative estimate of drug-likeness (QED) is 0.767. The minimum absolute atomic E-state index is 0.651. The van der Waals surface area contributed by atoms with Crippen LogP contribution in [0.2, 0.25) is 0 Å². The van der Waals surface area contributed by atoms with Crippen molar-refractivity contribution in [2.45, 2.75) is 58.7 Å². The molecule has 0 aliphatic carbocycles. The minimum Gasteiger partial charge on any atom is -0.289 e. The van der Waals surface area contributed by atoms with E-state index in [-0.39, 0.29) is 0 Å². The van der Waals surface area contributed by atoms with Crippen LogP contribution in [0.3, 0.4) is 0 Å². The van der Waals surface area contributed by atoms with E-state index in [1.165, 1.54) is 36.0 Å². The summed E-state index contributed by atoms with van der Waals surface area (Å²) in [6.45, 7) is 7.85. The summed E-state index contributed by atoms with van der Waals surface area (Å²) in [6.07, 6.45) is 6.46. The van der Waals surface area contributed by atoms with Gasteiger partial charge >= 0.3 is 0 Å². The van der Waals surface area contributed by atoms with Gasteiger partial charge in [-0.25, -0.2) is 0 Å². The molecule has 2 aliphatic rings. The maximum Gasteiger partial charge on any atom is 0.0291 e. The topological polar surface area (TPSA) is 3.24 Å². The number of rotatable bonds is 3. The highest BCUT2D eigenvalue weighted by Crippen LogP contribution is 2.38. The third-order valence-electron chi connectivity index (χ3n) is 4.98. The molecule has 1 saturated heterocycles. The van der Waals surface area contributed by atoms with Gasteiger partial charge in [0.15, 0.2) is 0 Å². The van der Waals surface area contributed by atoms with Gasteiger partial charge in [-0.05, 0) is 56.7 Å². The molecule has 0 saturated carbocycles. The van der Waals surface area contributed by atoms with Gasteiger partial charge in [-0.1, -0.05) is 42.0 Å². The smallest absolute Gasteiger partial charge is 0.0291 e. The van der Waals surface area contributed by atoms with Crippen LogP contribution in [0.25, 0.3) is 0 Å². The molecular formula is C19H25N. The van der Waals surface area contributed by atoms with Crippen LogP contribution in [0, 0.1) is 0 Å². The van der Waals surface area contributed by atoms with Crippen molar-refractivity contribution in [2.75, 3.05) is 0 Å². The van der Waals surface area contributed by atoms with Gasteiger partial charge in [0.25, 0.3) is 0 Å². The first-order valence-electron chi connectivity index (χ1n) is 7.80. The predicted molar refractivity (Wildman–Crippen MR) is 85.5 cm³/mol. The number of allylic oxidation sites excluding steroid dienone is 2. The molecule has 1 aromatic rings. The van der Waals surface area contributed by atoms with Gasteiger partial charge in [0, 0.05) is 18.6 Å². The Balaban J connectivity index is 1.79. The van der Waals surface area contributed by atoms with Gasteiger partial charge in [0.1, 0.15) is 0 Å². The van der Waals surface area contributed by atoms with Crippen molar-refractivity contribution in [1.82, 2.24) is 4.90 Å². The average Bonchev–Trinajstić information content (AvgIpc) is 2.70. The summed E-state index contributed by atoms with van der Waals surface area (Å²) < 4.78 is 0. The minimum atomic E-state index is 0.651. The molecule has 1 aromatic carbocycles. The average molecular weight is 267 g/mol. The Morgan fingerprint density at radius 1 is 1.10 bits per heavy atom. The van der Waals surface area contributed by atoms with Crippen LogP contribution in [0.4, 0.5) is 0 Å². The van der Waals surface area contributed by atoms with E-state index in [1.807, 2.05) is 0 Å². The van der Waals surface area contributed by atoms with Crippen LogP contribution in [0.15, 0.2) is 53.1 Å². The van der Waals surface area contributed by atoms with Crippen molar-refractivity contribution >= 4 is 0 Å². The van der Waals surface area contributed by atoms with Crippen LogP contribution in [-0.2, 0) is 6.54 Å². The number of nitrogens with zero attached hydrogens (tertiary/aromatic N) is 1. The van der Waals surface area contributed by atoms with Crippen molar-refractivity contribution in [3.63, 3.8) is 0 Å². The van der Waals surface area contributed by atoms with Crippen molar-refractivity contribution < 1.29 is 0 Å². The highest BCUT2D eigenvalue weighted by Gasteiger charge is 2.36. The lowest BCUT2D eigenvalue weighted by molar-refractivity contribution is 0.196. The summed E-state index contributed by atoms with van der Waals surface area (Å²) in [6, 6.07) is 12.3. The maximum absolute atomic E-state index is 2.71. The molecule has 1 heteroatoms. The summed E-state index contributed by atoms with van der Waals surface area (Å²) in [5.74, 6) is 0. The fourth-order valence-corrected chi connectivity index (χ4v) is 3.56. The molecule has 0 radical (unpaired) electrons. The Morgan fingerprint density at radius 3 is 2.50 bits per heavy atom. The molecule has 2 unspecified atom stereocenters. The third kappa shape index (κ3) is 2.60. The maximum atomic E-state index is 2.71. The van der Waals surface area contributed by atoms with Crippen molar-refractivity contribution in [3.05, 3.63) is 58.7 Å². The summed E-state index contributed by atoms with van der Waals surface area (Å²) >= 11 is 0. The second-order valence-electron chi connectivity index (χ2n) is 6.48. The molecule has 1 fully saturated rings. The second-order valence-corrected chi connectivity index (χ2v) is 6.48.